The summed E-state index contributed by atoms with van der Waals surface area (Å²) in [7, 11) is 0. The van der Waals surface area contributed by atoms with Gasteiger partial charge in [0.1, 0.15) is 0 Å². The number of rotatable bonds is 4. The Morgan fingerprint density at radius 1 is 1.32 bits per heavy atom. The molecule has 1 aromatic heterocycles. The van der Waals surface area contributed by atoms with Crippen LogP contribution in [0.25, 0.3) is 10.2 Å². The molecule has 1 N–H and O–H groups in total. The van der Waals surface area contributed by atoms with Crippen molar-refractivity contribution in [2.75, 3.05) is 25.0 Å². The Bertz CT molecular complexity index is 496. The maximum Gasteiger partial charge on any atom is 0.184 e. The third-order valence-electron chi connectivity index (χ3n) is 3.75. The fraction of sp³-hybridized carbons (Fsp3) is 0.533. The molecule has 0 spiro atoms. The molecule has 1 fully saturated rings. The summed E-state index contributed by atoms with van der Waals surface area (Å²) >= 11 is 1.77. The molecule has 0 bridgehead atoms. The first-order valence-electron chi connectivity index (χ1n) is 7.19. The molecule has 2 aromatic rings. The largest absolute Gasteiger partial charge is 0.359 e. The minimum atomic E-state index is 0.591. The number of para-hydroxylation sites is 1. The molecule has 2 heterocycles. The number of aromatic nitrogens is 1. The first kappa shape index (κ1) is 12.9. The van der Waals surface area contributed by atoms with E-state index in [1.54, 1.807) is 11.3 Å². The van der Waals surface area contributed by atoms with Crippen molar-refractivity contribution in [1.29, 1.82) is 0 Å². The van der Waals surface area contributed by atoms with Gasteiger partial charge in [0.15, 0.2) is 5.13 Å². The van der Waals surface area contributed by atoms with Crippen molar-refractivity contribution in [3.8, 4) is 0 Å². The molecule has 0 saturated carbocycles. The number of likely N-dealkylation sites (tertiary alicyclic amines) is 1. The van der Waals surface area contributed by atoms with Crippen LogP contribution in [-0.2, 0) is 0 Å². The Hall–Kier alpha value is -1.13. The lowest BCUT2D eigenvalue weighted by Crippen LogP contribution is -2.39. The molecule has 102 valence electrons. The second-order valence-electron chi connectivity index (χ2n) is 5.25. The van der Waals surface area contributed by atoms with Gasteiger partial charge in [0.05, 0.1) is 10.2 Å². The van der Waals surface area contributed by atoms with E-state index in [9.17, 15) is 0 Å². The molecule has 19 heavy (non-hydrogen) atoms. The lowest BCUT2D eigenvalue weighted by Gasteiger charge is -2.31. The van der Waals surface area contributed by atoms with Crippen LogP contribution in [0.15, 0.2) is 24.3 Å². The molecule has 1 aliphatic rings. The van der Waals surface area contributed by atoms with Crippen LogP contribution in [0.1, 0.15) is 26.2 Å². The number of hydrogen-bond acceptors (Lipinski definition) is 4. The Morgan fingerprint density at radius 3 is 2.84 bits per heavy atom. The highest BCUT2D eigenvalue weighted by molar-refractivity contribution is 7.22. The van der Waals surface area contributed by atoms with Crippen LogP contribution in [0.5, 0.6) is 0 Å². The maximum absolute atomic E-state index is 4.66. The summed E-state index contributed by atoms with van der Waals surface area (Å²) in [6.07, 6.45) is 3.72. The van der Waals surface area contributed by atoms with E-state index in [0.29, 0.717) is 6.04 Å². The SMILES string of the molecule is CCCN1CCC(Nc2nc3ccccc3s2)CC1. The van der Waals surface area contributed by atoms with Crippen molar-refractivity contribution in [2.24, 2.45) is 0 Å². The summed E-state index contributed by atoms with van der Waals surface area (Å²) in [5.74, 6) is 0. The molecule has 0 unspecified atom stereocenters. The third-order valence-corrected chi connectivity index (χ3v) is 4.72. The molecule has 1 aliphatic heterocycles. The number of piperidine rings is 1. The molecule has 0 amide bonds. The average Bonchev–Trinajstić information content (AvgIpc) is 2.83. The van der Waals surface area contributed by atoms with E-state index < -0.39 is 0 Å². The standard InChI is InChI=1S/C15H21N3S/c1-2-9-18-10-7-12(8-11-18)16-15-17-13-5-3-4-6-14(13)19-15/h3-6,12H,2,7-11H2,1H3,(H,16,17). The van der Waals surface area contributed by atoms with Gasteiger partial charge in [0, 0.05) is 19.1 Å². The van der Waals surface area contributed by atoms with E-state index in [4.69, 9.17) is 0 Å². The topological polar surface area (TPSA) is 28.2 Å². The van der Waals surface area contributed by atoms with Gasteiger partial charge in [0.2, 0.25) is 0 Å². The first-order valence-corrected chi connectivity index (χ1v) is 8.01. The quantitative estimate of drug-likeness (QED) is 0.924. The van der Waals surface area contributed by atoms with Crippen LogP contribution in [-0.4, -0.2) is 35.6 Å². The highest BCUT2D eigenvalue weighted by Gasteiger charge is 2.19. The van der Waals surface area contributed by atoms with Gasteiger partial charge in [-0.1, -0.05) is 30.4 Å². The lowest BCUT2D eigenvalue weighted by atomic mass is 10.1. The van der Waals surface area contributed by atoms with Crippen LogP contribution in [0.2, 0.25) is 0 Å². The van der Waals surface area contributed by atoms with Crippen molar-refractivity contribution in [3.63, 3.8) is 0 Å². The summed E-state index contributed by atoms with van der Waals surface area (Å²) < 4.78 is 1.27. The summed E-state index contributed by atoms with van der Waals surface area (Å²) in [6, 6.07) is 8.94. The minimum Gasteiger partial charge on any atom is -0.359 e. The Morgan fingerprint density at radius 2 is 2.11 bits per heavy atom. The van der Waals surface area contributed by atoms with Gasteiger partial charge in [-0.3, -0.25) is 0 Å². The van der Waals surface area contributed by atoms with Gasteiger partial charge in [-0.2, -0.15) is 0 Å². The number of fused-ring (bicyclic) bond motifs is 1. The third kappa shape index (κ3) is 3.07. The molecule has 3 nitrogen and oxygen atoms in total. The Labute approximate surface area is 118 Å². The molecule has 3 rings (SSSR count). The monoisotopic (exact) mass is 275 g/mol. The second-order valence-corrected chi connectivity index (χ2v) is 6.28. The predicted molar refractivity (Wildman–Crippen MR) is 83.0 cm³/mol. The van der Waals surface area contributed by atoms with Gasteiger partial charge in [-0.15, -0.1) is 0 Å². The van der Waals surface area contributed by atoms with Gasteiger partial charge >= 0.3 is 0 Å². The molecule has 0 radical (unpaired) electrons. The second kappa shape index (κ2) is 5.88. The summed E-state index contributed by atoms with van der Waals surface area (Å²) in [5.41, 5.74) is 1.11. The zero-order valence-corrected chi connectivity index (χ0v) is 12.2. The van der Waals surface area contributed by atoms with E-state index in [0.717, 1.165) is 10.6 Å². The van der Waals surface area contributed by atoms with Crippen LogP contribution in [0.4, 0.5) is 5.13 Å². The smallest absolute Gasteiger partial charge is 0.184 e. The number of nitrogens with zero attached hydrogens (tertiary/aromatic N) is 2. The molecule has 0 aliphatic carbocycles. The molecule has 0 atom stereocenters. The Balaban J connectivity index is 1.60. The van der Waals surface area contributed by atoms with E-state index >= 15 is 0 Å². The van der Waals surface area contributed by atoms with E-state index in [1.807, 2.05) is 0 Å². The van der Waals surface area contributed by atoms with Crippen molar-refractivity contribution in [1.82, 2.24) is 9.88 Å². The number of benzene rings is 1. The van der Waals surface area contributed by atoms with Crippen molar-refractivity contribution in [2.45, 2.75) is 32.2 Å². The van der Waals surface area contributed by atoms with E-state index in [2.05, 4.69) is 46.4 Å². The van der Waals surface area contributed by atoms with E-state index in [1.165, 1.54) is 43.6 Å². The number of nitrogens with one attached hydrogen (secondary N) is 1. The molecule has 1 aromatic carbocycles. The molecule has 4 heteroatoms. The molecular formula is C15H21N3S. The summed E-state index contributed by atoms with van der Waals surface area (Å²) in [5, 5.41) is 4.69. The highest BCUT2D eigenvalue weighted by Crippen LogP contribution is 2.27. The van der Waals surface area contributed by atoms with Gasteiger partial charge in [-0.05, 0) is 37.9 Å². The normalized spacial score (nSPS) is 17.9. The average molecular weight is 275 g/mol. The van der Waals surface area contributed by atoms with Crippen LogP contribution >= 0.6 is 11.3 Å². The van der Waals surface area contributed by atoms with Gasteiger partial charge < -0.3 is 10.2 Å². The van der Waals surface area contributed by atoms with Crippen LogP contribution < -0.4 is 5.32 Å². The highest BCUT2D eigenvalue weighted by atomic mass is 32.1. The zero-order valence-electron chi connectivity index (χ0n) is 11.4. The van der Waals surface area contributed by atoms with Crippen molar-refractivity contribution < 1.29 is 0 Å². The number of hydrogen-bond donors (Lipinski definition) is 1. The summed E-state index contributed by atoms with van der Waals surface area (Å²) in [6.45, 7) is 5.94. The predicted octanol–water partition coefficient (Wildman–Crippen LogP) is 3.58. The van der Waals surface area contributed by atoms with Crippen molar-refractivity contribution in [3.05, 3.63) is 24.3 Å². The number of anilines is 1. The van der Waals surface area contributed by atoms with Gasteiger partial charge in [-0.25, -0.2) is 4.98 Å². The van der Waals surface area contributed by atoms with E-state index in [-0.39, 0.29) is 0 Å². The Kier molecular flexibility index (Phi) is 3.99. The first-order chi connectivity index (χ1) is 9.35. The molecule has 1 saturated heterocycles. The van der Waals surface area contributed by atoms with Crippen molar-refractivity contribution >= 4 is 26.7 Å². The zero-order chi connectivity index (χ0) is 13.1. The van der Waals surface area contributed by atoms with Gasteiger partial charge in [0.25, 0.3) is 0 Å². The maximum atomic E-state index is 4.66. The lowest BCUT2D eigenvalue weighted by molar-refractivity contribution is 0.219. The number of thiazole rings is 1. The summed E-state index contributed by atoms with van der Waals surface area (Å²) in [4.78, 5) is 7.22. The molecular weight excluding hydrogens is 254 g/mol. The van der Waals surface area contributed by atoms with Crippen LogP contribution in [0.3, 0.4) is 0 Å². The van der Waals surface area contributed by atoms with Crippen LogP contribution in [0, 0.1) is 0 Å². The fourth-order valence-corrected chi connectivity index (χ4v) is 3.67. The fourth-order valence-electron chi connectivity index (χ4n) is 2.73. The minimum absolute atomic E-state index is 0.591.